The van der Waals surface area contributed by atoms with E-state index in [2.05, 4.69) is 0 Å². The van der Waals surface area contributed by atoms with Crippen molar-refractivity contribution in [3.63, 3.8) is 0 Å². The van der Waals surface area contributed by atoms with Gasteiger partial charge in [-0.05, 0) is 42.8 Å². The van der Waals surface area contributed by atoms with Crippen molar-refractivity contribution < 1.29 is 13.2 Å². The monoisotopic (exact) mass is 254 g/mol. The summed E-state index contributed by atoms with van der Waals surface area (Å²) in [4.78, 5) is 0. The Morgan fingerprint density at radius 1 is 0.778 bits per heavy atom. The molecule has 5 heteroatoms. The number of halogens is 3. The molecule has 0 aromatic heterocycles. The molecule has 2 aromatic carbocycles. The molecule has 0 amide bonds. The molecule has 0 saturated heterocycles. The normalized spacial score (nSPS) is 9.56. The summed E-state index contributed by atoms with van der Waals surface area (Å²) >= 11 is 0. The second-order valence-corrected chi connectivity index (χ2v) is 3.69. The van der Waals surface area contributed by atoms with Crippen molar-refractivity contribution in [2.24, 2.45) is 0 Å². The van der Waals surface area contributed by atoms with Crippen molar-refractivity contribution in [2.45, 2.75) is 6.92 Å². The average molecular weight is 254 g/mol. The third-order valence-electron chi connectivity index (χ3n) is 2.11. The van der Waals surface area contributed by atoms with Crippen LogP contribution in [0.5, 0.6) is 0 Å². The van der Waals surface area contributed by atoms with E-state index in [1.165, 1.54) is 6.07 Å². The molecule has 0 radical (unpaired) electrons. The van der Waals surface area contributed by atoms with Crippen LogP contribution >= 0.6 is 0 Å². The molecule has 0 aliphatic carbocycles. The Morgan fingerprint density at radius 2 is 1.28 bits per heavy atom. The van der Waals surface area contributed by atoms with E-state index < -0.39 is 11.6 Å². The zero-order valence-electron chi connectivity index (χ0n) is 9.75. The first kappa shape index (κ1) is 13.9. The molecule has 0 spiro atoms. The Hall–Kier alpha value is -2.17. The summed E-state index contributed by atoms with van der Waals surface area (Å²) in [6.07, 6.45) is 0. The van der Waals surface area contributed by atoms with Crippen LogP contribution in [0.3, 0.4) is 0 Å². The Labute approximate surface area is 103 Å². The number of nitrogen functional groups attached to an aromatic ring is 2. The van der Waals surface area contributed by atoms with E-state index in [9.17, 15) is 13.2 Å². The van der Waals surface area contributed by atoms with Gasteiger partial charge in [0.1, 0.15) is 17.5 Å². The zero-order valence-corrected chi connectivity index (χ0v) is 9.75. The highest BCUT2D eigenvalue weighted by Gasteiger charge is 1.96. The minimum Gasteiger partial charge on any atom is -0.396 e. The van der Waals surface area contributed by atoms with Gasteiger partial charge < -0.3 is 11.5 Å². The smallest absolute Gasteiger partial charge is 0.146 e. The van der Waals surface area contributed by atoms with Crippen molar-refractivity contribution in [3.8, 4) is 0 Å². The lowest BCUT2D eigenvalue weighted by atomic mass is 10.2. The quantitative estimate of drug-likeness (QED) is 0.709. The number of hydrogen-bond donors (Lipinski definition) is 2. The molecule has 0 fully saturated rings. The summed E-state index contributed by atoms with van der Waals surface area (Å²) in [7, 11) is 0. The predicted octanol–water partition coefficient (Wildman–Crippen LogP) is 3.26. The molecule has 0 unspecified atom stereocenters. The highest BCUT2D eigenvalue weighted by molar-refractivity contribution is 5.41. The molecule has 4 N–H and O–H groups in total. The topological polar surface area (TPSA) is 52.0 Å². The summed E-state index contributed by atoms with van der Waals surface area (Å²) in [5.41, 5.74) is 11.3. The van der Waals surface area contributed by atoms with Crippen LogP contribution in [0.15, 0.2) is 36.4 Å². The van der Waals surface area contributed by atoms with Gasteiger partial charge in [0.05, 0.1) is 11.4 Å². The van der Waals surface area contributed by atoms with Crippen LogP contribution in [0.4, 0.5) is 24.5 Å². The fourth-order valence-corrected chi connectivity index (χ4v) is 1.18. The molecular weight excluding hydrogens is 241 g/mol. The molecule has 0 saturated carbocycles. The number of anilines is 2. The van der Waals surface area contributed by atoms with Crippen LogP contribution in [0, 0.1) is 24.4 Å². The Bertz CT molecular complexity index is 492. The molecule has 18 heavy (non-hydrogen) atoms. The molecule has 0 bridgehead atoms. The second-order valence-electron chi connectivity index (χ2n) is 3.69. The first-order valence-electron chi connectivity index (χ1n) is 5.12. The molecule has 2 nitrogen and oxygen atoms in total. The molecule has 96 valence electrons. The number of aryl methyl sites for hydroxylation is 1. The zero-order chi connectivity index (χ0) is 13.7. The van der Waals surface area contributed by atoms with Crippen LogP contribution in [-0.2, 0) is 0 Å². The first-order chi connectivity index (χ1) is 8.40. The van der Waals surface area contributed by atoms with Gasteiger partial charge >= 0.3 is 0 Å². The van der Waals surface area contributed by atoms with E-state index in [1.54, 1.807) is 12.1 Å². The van der Waals surface area contributed by atoms with Crippen LogP contribution in [0.2, 0.25) is 0 Å². The maximum atomic E-state index is 12.4. The number of benzene rings is 2. The molecule has 0 aliphatic heterocycles. The molecule has 2 rings (SSSR count). The number of rotatable bonds is 0. The van der Waals surface area contributed by atoms with E-state index in [0.717, 1.165) is 23.8 Å². The summed E-state index contributed by atoms with van der Waals surface area (Å²) in [5, 5.41) is 0. The van der Waals surface area contributed by atoms with Crippen molar-refractivity contribution >= 4 is 11.4 Å². The minimum absolute atomic E-state index is 0.157. The van der Waals surface area contributed by atoms with Crippen molar-refractivity contribution in [3.05, 3.63) is 59.4 Å². The summed E-state index contributed by atoms with van der Waals surface area (Å²) in [6.45, 7) is 1.87. The standard InChI is InChI=1S/C7H8FN.C6H5F2N/c1-5-2-3-6(8)7(9)4-5;7-4-1-2-5(8)6(9)3-4/h2-4H,9H2,1H3;1-3H,9H2. The van der Waals surface area contributed by atoms with Gasteiger partial charge in [-0.3, -0.25) is 0 Å². The minimum atomic E-state index is -0.587. The SMILES string of the molecule is Cc1ccc(F)c(N)c1.Nc1cc(F)ccc1F. The second kappa shape index (κ2) is 5.95. The molecule has 0 aliphatic rings. The summed E-state index contributed by atoms with van der Waals surface area (Å²) in [6, 6.07) is 7.61. The van der Waals surface area contributed by atoms with E-state index in [0.29, 0.717) is 0 Å². The predicted molar refractivity (Wildman–Crippen MR) is 66.3 cm³/mol. The average Bonchev–Trinajstić information content (AvgIpc) is 2.30. The summed E-state index contributed by atoms with van der Waals surface area (Å²) < 4.78 is 36.7. The Balaban J connectivity index is 0.000000180. The van der Waals surface area contributed by atoms with Crippen molar-refractivity contribution in [1.82, 2.24) is 0 Å². The van der Waals surface area contributed by atoms with Gasteiger partial charge in [-0.15, -0.1) is 0 Å². The molecular formula is C13H13F3N2. The van der Waals surface area contributed by atoms with Crippen molar-refractivity contribution in [2.75, 3.05) is 11.5 Å². The molecule has 0 heterocycles. The van der Waals surface area contributed by atoms with Gasteiger partial charge in [-0.2, -0.15) is 0 Å². The maximum Gasteiger partial charge on any atom is 0.146 e. The van der Waals surface area contributed by atoms with Gasteiger partial charge in [0.2, 0.25) is 0 Å². The van der Waals surface area contributed by atoms with Gasteiger partial charge in [0, 0.05) is 0 Å². The highest BCUT2D eigenvalue weighted by Crippen LogP contribution is 2.10. The Kier molecular flexibility index (Phi) is 4.59. The van der Waals surface area contributed by atoms with Crippen LogP contribution < -0.4 is 11.5 Å². The summed E-state index contributed by atoms with van der Waals surface area (Å²) in [5.74, 6) is -1.45. The van der Waals surface area contributed by atoms with E-state index >= 15 is 0 Å². The van der Waals surface area contributed by atoms with Gasteiger partial charge in [0.25, 0.3) is 0 Å². The lowest BCUT2D eigenvalue weighted by Crippen LogP contribution is -1.89. The fourth-order valence-electron chi connectivity index (χ4n) is 1.18. The van der Waals surface area contributed by atoms with Gasteiger partial charge in [-0.25, -0.2) is 13.2 Å². The molecule has 0 atom stereocenters. The molecule has 2 aromatic rings. The lowest BCUT2D eigenvalue weighted by molar-refractivity contribution is 0.604. The third kappa shape index (κ3) is 4.01. The van der Waals surface area contributed by atoms with E-state index in [-0.39, 0.29) is 17.2 Å². The van der Waals surface area contributed by atoms with Gasteiger partial charge in [-0.1, -0.05) is 6.07 Å². The fraction of sp³-hybridized carbons (Fsp3) is 0.0769. The van der Waals surface area contributed by atoms with Gasteiger partial charge in [0.15, 0.2) is 0 Å². The van der Waals surface area contributed by atoms with Crippen LogP contribution in [0.25, 0.3) is 0 Å². The highest BCUT2D eigenvalue weighted by atomic mass is 19.1. The lowest BCUT2D eigenvalue weighted by Gasteiger charge is -1.95. The number of nitrogens with two attached hydrogens (primary N) is 2. The number of hydrogen-bond acceptors (Lipinski definition) is 2. The largest absolute Gasteiger partial charge is 0.396 e. The maximum absolute atomic E-state index is 12.4. The van der Waals surface area contributed by atoms with E-state index in [4.69, 9.17) is 11.5 Å². The Morgan fingerprint density at radius 3 is 1.67 bits per heavy atom. The van der Waals surface area contributed by atoms with Crippen molar-refractivity contribution in [1.29, 1.82) is 0 Å². The van der Waals surface area contributed by atoms with Crippen LogP contribution in [0.1, 0.15) is 5.56 Å². The third-order valence-corrected chi connectivity index (χ3v) is 2.11. The van der Waals surface area contributed by atoms with Crippen LogP contribution in [-0.4, -0.2) is 0 Å². The van der Waals surface area contributed by atoms with E-state index in [1.807, 2.05) is 6.92 Å². The first-order valence-corrected chi connectivity index (χ1v) is 5.12.